The van der Waals surface area contributed by atoms with Crippen molar-refractivity contribution in [2.75, 3.05) is 20.3 Å². The minimum Gasteiger partial charge on any atom is -0.491 e. The summed E-state index contributed by atoms with van der Waals surface area (Å²) in [5, 5.41) is 9.99. The van der Waals surface area contributed by atoms with Crippen molar-refractivity contribution in [3.63, 3.8) is 0 Å². The predicted octanol–water partition coefficient (Wildman–Crippen LogP) is 4.17. The van der Waals surface area contributed by atoms with Crippen molar-refractivity contribution < 1.29 is 9.47 Å². The molecule has 0 radical (unpaired) electrons. The van der Waals surface area contributed by atoms with Gasteiger partial charge in [0, 0.05) is 36.6 Å². The van der Waals surface area contributed by atoms with Gasteiger partial charge in [0.1, 0.15) is 12.4 Å². The minimum absolute atomic E-state index is 0.0776. The molecule has 1 aromatic carbocycles. The fourth-order valence-electron chi connectivity index (χ4n) is 3.21. The molecule has 164 valence electrons. The molecule has 1 aliphatic heterocycles. The van der Waals surface area contributed by atoms with Gasteiger partial charge in [-0.3, -0.25) is 4.99 Å². The molecule has 0 bridgehead atoms. The van der Waals surface area contributed by atoms with Gasteiger partial charge in [-0.25, -0.2) is 4.98 Å². The van der Waals surface area contributed by atoms with E-state index in [0.717, 1.165) is 47.4 Å². The van der Waals surface area contributed by atoms with Crippen LogP contribution in [-0.4, -0.2) is 37.3 Å². The molecule has 3 rings (SSSR count). The van der Waals surface area contributed by atoms with Gasteiger partial charge >= 0.3 is 0 Å². The van der Waals surface area contributed by atoms with Crippen molar-refractivity contribution >= 4 is 17.3 Å². The van der Waals surface area contributed by atoms with E-state index < -0.39 is 0 Å². The summed E-state index contributed by atoms with van der Waals surface area (Å²) in [6.07, 6.45) is 2.40. The van der Waals surface area contributed by atoms with Gasteiger partial charge in [0.25, 0.3) is 0 Å². The van der Waals surface area contributed by atoms with Crippen LogP contribution in [0.3, 0.4) is 0 Å². The second kappa shape index (κ2) is 10.3. The lowest BCUT2D eigenvalue weighted by Crippen LogP contribution is -2.36. The third kappa shape index (κ3) is 6.44. The highest BCUT2D eigenvalue weighted by Crippen LogP contribution is 2.25. The van der Waals surface area contributed by atoms with E-state index in [9.17, 15) is 0 Å². The van der Waals surface area contributed by atoms with Crippen LogP contribution in [-0.2, 0) is 23.2 Å². The van der Waals surface area contributed by atoms with Crippen molar-refractivity contribution in [1.82, 2.24) is 15.6 Å². The van der Waals surface area contributed by atoms with Crippen molar-refractivity contribution in [3.05, 3.63) is 45.4 Å². The first kappa shape index (κ1) is 22.6. The summed E-state index contributed by atoms with van der Waals surface area (Å²) >= 11 is 1.71. The van der Waals surface area contributed by atoms with Crippen molar-refractivity contribution in [3.8, 4) is 5.75 Å². The summed E-state index contributed by atoms with van der Waals surface area (Å²) in [7, 11) is 1.78. The lowest BCUT2D eigenvalue weighted by atomic mass is 9.98. The van der Waals surface area contributed by atoms with Gasteiger partial charge < -0.3 is 20.1 Å². The van der Waals surface area contributed by atoms with Gasteiger partial charge in [0.15, 0.2) is 5.96 Å². The summed E-state index contributed by atoms with van der Waals surface area (Å²) in [5.74, 6) is 1.65. The first-order valence-electron chi connectivity index (χ1n) is 10.6. The van der Waals surface area contributed by atoms with Gasteiger partial charge in [0.05, 0.1) is 23.4 Å². The van der Waals surface area contributed by atoms with E-state index in [1.807, 2.05) is 0 Å². The molecular formula is C23H34N4O2S. The standard InChI is InChI=1S/C23H34N4O2S/c1-16-8-9-17(20(11-16)29-14-19-7-6-10-28-19)12-25-22(24-5)26-13-18-15-30-21(27-18)23(2,3)4/h8-9,11,15,19H,6-7,10,12-14H2,1-5H3,(H2,24,25,26). The summed E-state index contributed by atoms with van der Waals surface area (Å²) in [5.41, 5.74) is 3.39. The molecule has 1 atom stereocenters. The van der Waals surface area contributed by atoms with Gasteiger partial charge in [-0.1, -0.05) is 32.9 Å². The van der Waals surface area contributed by atoms with Gasteiger partial charge in [-0.2, -0.15) is 0 Å². The van der Waals surface area contributed by atoms with E-state index in [1.54, 1.807) is 18.4 Å². The number of aryl methyl sites for hydroxylation is 1. The van der Waals surface area contributed by atoms with E-state index >= 15 is 0 Å². The van der Waals surface area contributed by atoms with Crippen LogP contribution in [0.25, 0.3) is 0 Å². The first-order valence-corrected chi connectivity index (χ1v) is 11.5. The first-order chi connectivity index (χ1) is 14.3. The highest BCUT2D eigenvalue weighted by atomic mass is 32.1. The fraction of sp³-hybridized carbons (Fsp3) is 0.565. The zero-order valence-electron chi connectivity index (χ0n) is 18.7. The molecule has 1 fully saturated rings. The van der Waals surface area contributed by atoms with E-state index in [-0.39, 0.29) is 11.5 Å². The molecule has 30 heavy (non-hydrogen) atoms. The molecule has 1 aromatic heterocycles. The Hall–Kier alpha value is -2.12. The summed E-state index contributed by atoms with van der Waals surface area (Å²) in [6, 6.07) is 6.30. The Morgan fingerprint density at radius 1 is 1.30 bits per heavy atom. The van der Waals surface area contributed by atoms with Crippen LogP contribution in [0.2, 0.25) is 0 Å². The SMILES string of the molecule is CN=C(NCc1csc(C(C)(C)C)n1)NCc1ccc(C)cc1OCC1CCCO1. The second-order valence-electron chi connectivity index (χ2n) is 8.73. The zero-order valence-corrected chi connectivity index (χ0v) is 19.6. The molecule has 1 saturated heterocycles. The zero-order chi connectivity index (χ0) is 21.6. The maximum atomic E-state index is 6.10. The minimum atomic E-state index is 0.0776. The normalized spacial score (nSPS) is 17.2. The Morgan fingerprint density at radius 3 is 2.77 bits per heavy atom. The largest absolute Gasteiger partial charge is 0.491 e. The number of nitrogens with one attached hydrogen (secondary N) is 2. The smallest absolute Gasteiger partial charge is 0.191 e. The molecular weight excluding hydrogens is 396 g/mol. The van der Waals surface area contributed by atoms with E-state index in [1.165, 1.54) is 5.56 Å². The van der Waals surface area contributed by atoms with Crippen LogP contribution >= 0.6 is 11.3 Å². The Balaban J connectivity index is 1.54. The van der Waals surface area contributed by atoms with E-state index in [4.69, 9.17) is 14.5 Å². The number of ether oxygens (including phenoxy) is 2. The molecule has 7 heteroatoms. The third-order valence-electron chi connectivity index (χ3n) is 4.97. The van der Waals surface area contributed by atoms with Crippen LogP contribution in [0.4, 0.5) is 0 Å². The maximum Gasteiger partial charge on any atom is 0.191 e. The Morgan fingerprint density at radius 2 is 2.10 bits per heavy atom. The van der Waals surface area contributed by atoms with Gasteiger partial charge in [0.2, 0.25) is 0 Å². The predicted molar refractivity (Wildman–Crippen MR) is 124 cm³/mol. The van der Waals surface area contributed by atoms with Crippen molar-refractivity contribution in [2.24, 2.45) is 4.99 Å². The number of aromatic nitrogens is 1. The quantitative estimate of drug-likeness (QED) is 0.510. The van der Waals surface area contributed by atoms with Crippen molar-refractivity contribution in [2.45, 2.75) is 65.1 Å². The highest BCUT2D eigenvalue weighted by Gasteiger charge is 2.18. The number of thiazole rings is 1. The third-order valence-corrected chi connectivity index (χ3v) is 6.29. The van der Waals surface area contributed by atoms with Gasteiger partial charge in [-0.15, -0.1) is 11.3 Å². The number of benzene rings is 1. The van der Waals surface area contributed by atoms with Crippen LogP contribution in [0.15, 0.2) is 28.6 Å². The molecule has 6 nitrogen and oxygen atoms in total. The second-order valence-corrected chi connectivity index (χ2v) is 9.59. The highest BCUT2D eigenvalue weighted by molar-refractivity contribution is 7.09. The number of rotatable bonds is 7. The average molecular weight is 431 g/mol. The molecule has 0 aliphatic carbocycles. The Bertz CT molecular complexity index is 851. The Labute approximate surface area is 184 Å². The summed E-state index contributed by atoms with van der Waals surface area (Å²) in [6.45, 7) is 11.3. The number of aliphatic imine (C=N–C) groups is 1. The van der Waals surface area contributed by atoms with E-state index in [0.29, 0.717) is 19.7 Å². The van der Waals surface area contributed by atoms with Gasteiger partial charge in [-0.05, 0) is 31.4 Å². The topological polar surface area (TPSA) is 67.8 Å². The van der Waals surface area contributed by atoms with Crippen LogP contribution in [0.1, 0.15) is 55.4 Å². The van der Waals surface area contributed by atoms with Crippen molar-refractivity contribution in [1.29, 1.82) is 0 Å². The molecule has 1 aliphatic rings. The van der Waals surface area contributed by atoms with Crippen LogP contribution in [0, 0.1) is 6.92 Å². The number of hydrogen-bond acceptors (Lipinski definition) is 5. The molecule has 0 spiro atoms. The lowest BCUT2D eigenvalue weighted by Gasteiger charge is -2.17. The number of hydrogen-bond donors (Lipinski definition) is 2. The van der Waals surface area contributed by atoms with Crippen LogP contribution < -0.4 is 15.4 Å². The maximum absolute atomic E-state index is 6.10. The molecule has 2 aromatic rings. The number of nitrogens with zero attached hydrogens (tertiary/aromatic N) is 2. The molecule has 2 heterocycles. The average Bonchev–Trinajstić information content (AvgIpc) is 3.39. The molecule has 0 saturated carbocycles. The molecule has 1 unspecified atom stereocenters. The summed E-state index contributed by atoms with van der Waals surface area (Å²) < 4.78 is 11.8. The number of guanidine groups is 1. The monoisotopic (exact) mass is 430 g/mol. The van der Waals surface area contributed by atoms with Crippen LogP contribution in [0.5, 0.6) is 5.75 Å². The molecule has 2 N–H and O–H groups in total. The molecule has 0 amide bonds. The fourth-order valence-corrected chi connectivity index (χ4v) is 4.11. The lowest BCUT2D eigenvalue weighted by molar-refractivity contribution is 0.0676. The van der Waals surface area contributed by atoms with E-state index in [2.05, 4.69) is 66.9 Å². The summed E-state index contributed by atoms with van der Waals surface area (Å²) in [4.78, 5) is 9.07. The Kier molecular flexibility index (Phi) is 7.72.